The van der Waals surface area contributed by atoms with E-state index in [9.17, 15) is 4.79 Å². The summed E-state index contributed by atoms with van der Waals surface area (Å²) in [4.78, 5) is 17.0. The van der Waals surface area contributed by atoms with Crippen LogP contribution in [0.3, 0.4) is 0 Å². The maximum absolute atomic E-state index is 12.7. The molecule has 1 aliphatic carbocycles. The number of pyridine rings is 1. The number of aryl methyl sites for hydroxylation is 1. The van der Waals surface area contributed by atoms with Gasteiger partial charge in [-0.25, -0.2) is 4.98 Å². The van der Waals surface area contributed by atoms with Crippen molar-refractivity contribution in [2.24, 2.45) is 0 Å². The Morgan fingerprint density at radius 1 is 1.43 bits per heavy atom. The summed E-state index contributed by atoms with van der Waals surface area (Å²) in [5.41, 5.74) is 4.51. The fraction of sp³-hybridized carbons (Fsp3) is 0.294. The van der Waals surface area contributed by atoms with Crippen LogP contribution in [0.1, 0.15) is 35.2 Å². The summed E-state index contributed by atoms with van der Waals surface area (Å²) < 4.78 is 8.38. The quantitative estimate of drug-likeness (QED) is 0.876. The molecular formula is C17H16BrN3O2. The van der Waals surface area contributed by atoms with Gasteiger partial charge in [-0.05, 0) is 52.9 Å². The van der Waals surface area contributed by atoms with Crippen molar-refractivity contribution in [3.8, 4) is 0 Å². The van der Waals surface area contributed by atoms with Crippen LogP contribution in [0.25, 0.3) is 5.65 Å². The third kappa shape index (κ3) is 2.47. The molecule has 3 heterocycles. The Labute approximate surface area is 142 Å². The van der Waals surface area contributed by atoms with Crippen LogP contribution in [-0.2, 0) is 4.74 Å². The van der Waals surface area contributed by atoms with Crippen molar-refractivity contribution in [2.75, 3.05) is 6.61 Å². The number of hydrogen-bond donors (Lipinski definition) is 1. The van der Waals surface area contributed by atoms with Crippen LogP contribution in [0, 0.1) is 6.92 Å². The highest BCUT2D eigenvalue weighted by Crippen LogP contribution is 2.32. The number of aromatic nitrogens is 2. The highest BCUT2D eigenvalue weighted by Gasteiger charge is 2.24. The van der Waals surface area contributed by atoms with Gasteiger partial charge in [-0.2, -0.15) is 0 Å². The zero-order valence-electron chi connectivity index (χ0n) is 12.7. The monoisotopic (exact) mass is 373 g/mol. The molecule has 5 nitrogen and oxygen atoms in total. The summed E-state index contributed by atoms with van der Waals surface area (Å²) in [6.07, 6.45) is 8.51. The van der Waals surface area contributed by atoms with Gasteiger partial charge in [-0.15, -0.1) is 0 Å². The predicted octanol–water partition coefficient (Wildman–Crippen LogP) is 3.49. The first-order valence-corrected chi connectivity index (χ1v) is 8.42. The van der Waals surface area contributed by atoms with Gasteiger partial charge in [0.15, 0.2) is 0 Å². The van der Waals surface area contributed by atoms with Gasteiger partial charge >= 0.3 is 0 Å². The second kappa shape index (κ2) is 5.53. The fourth-order valence-corrected chi connectivity index (χ4v) is 3.51. The lowest BCUT2D eigenvalue weighted by molar-refractivity contribution is 0.0961. The summed E-state index contributed by atoms with van der Waals surface area (Å²) in [5, 5.41) is 3.00. The van der Waals surface area contributed by atoms with E-state index < -0.39 is 0 Å². The molecule has 0 saturated heterocycles. The first-order chi connectivity index (χ1) is 11.1. The van der Waals surface area contributed by atoms with Gasteiger partial charge < -0.3 is 10.1 Å². The number of rotatable bonds is 2. The minimum atomic E-state index is -0.133. The van der Waals surface area contributed by atoms with Crippen molar-refractivity contribution >= 4 is 27.5 Å². The van der Waals surface area contributed by atoms with E-state index in [4.69, 9.17) is 4.74 Å². The number of hydrogen-bond acceptors (Lipinski definition) is 3. The molecule has 23 heavy (non-hydrogen) atoms. The largest absolute Gasteiger partial charge is 0.491 e. The minimum Gasteiger partial charge on any atom is -0.491 e. The van der Waals surface area contributed by atoms with Crippen molar-refractivity contribution in [1.29, 1.82) is 0 Å². The van der Waals surface area contributed by atoms with E-state index in [-0.39, 0.29) is 5.91 Å². The van der Waals surface area contributed by atoms with Gasteiger partial charge in [0.2, 0.25) is 0 Å². The Balaban J connectivity index is 1.65. The second-order valence-electron chi connectivity index (χ2n) is 5.83. The van der Waals surface area contributed by atoms with E-state index in [1.807, 2.05) is 23.5 Å². The molecule has 1 N–H and O–H groups in total. The maximum Gasteiger partial charge on any atom is 0.257 e. The molecule has 0 aromatic carbocycles. The Bertz CT molecular complexity index is 879. The van der Waals surface area contributed by atoms with Gasteiger partial charge in [0, 0.05) is 12.6 Å². The van der Waals surface area contributed by atoms with Crippen LogP contribution in [-0.4, -0.2) is 21.9 Å². The Kier molecular flexibility index (Phi) is 3.49. The van der Waals surface area contributed by atoms with E-state index in [0.29, 0.717) is 12.2 Å². The fourth-order valence-electron chi connectivity index (χ4n) is 3.14. The van der Waals surface area contributed by atoms with Gasteiger partial charge in [0.1, 0.15) is 16.0 Å². The number of fused-ring (bicyclic) bond motifs is 1. The molecule has 6 heteroatoms. The number of imidazole rings is 1. The molecule has 0 atom stereocenters. The topological polar surface area (TPSA) is 55.6 Å². The molecule has 2 aromatic rings. The summed E-state index contributed by atoms with van der Waals surface area (Å²) in [5.74, 6) is 0.734. The smallest absolute Gasteiger partial charge is 0.257 e. The number of nitrogens with one attached hydrogen (secondary N) is 1. The van der Waals surface area contributed by atoms with E-state index >= 15 is 0 Å². The van der Waals surface area contributed by atoms with Gasteiger partial charge in [0.25, 0.3) is 5.91 Å². The zero-order chi connectivity index (χ0) is 16.0. The van der Waals surface area contributed by atoms with Crippen molar-refractivity contribution < 1.29 is 9.53 Å². The number of allylic oxidation sites excluding steroid dienone is 1. The van der Waals surface area contributed by atoms with E-state index in [1.54, 1.807) is 12.4 Å². The second-order valence-corrected chi connectivity index (χ2v) is 6.64. The third-order valence-electron chi connectivity index (χ3n) is 4.27. The molecule has 1 aliphatic heterocycles. The predicted molar refractivity (Wildman–Crippen MR) is 90.0 cm³/mol. The number of nitrogens with zero attached hydrogens (tertiary/aromatic N) is 2. The van der Waals surface area contributed by atoms with E-state index in [2.05, 4.69) is 26.2 Å². The van der Waals surface area contributed by atoms with Crippen molar-refractivity contribution in [2.45, 2.75) is 26.2 Å². The van der Waals surface area contributed by atoms with Crippen LogP contribution in [0.15, 0.2) is 46.2 Å². The number of carbonyl (C=O) groups excluding carboxylic acids is 1. The van der Waals surface area contributed by atoms with Crippen LogP contribution < -0.4 is 5.32 Å². The molecule has 0 radical (unpaired) electrons. The number of ether oxygens (including phenoxy) is 1. The van der Waals surface area contributed by atoms with Crippen molar-refractivity contribution in [3.05, 3.63) is 57.3 Å². The Morgan fingerprint density at radius 3 is 3.17 bits per heavy atom. The number of carbonyl (C=O) groups is 1. The lowest BCUT2D eigenvalue weighted by Crippen LogP contribution is -2.25. The zero-order valence-corrected chi connectivity index (χ0v) is 14.3. The average Bonchev–Trinajstić information content (AvgIpc) is 3.15. The van der Waals surface area contributed by atoms with Crippen LogP contribution in [0.2, 0.25) is 0 Å². The van der Waals surface area contributed by atoms with E-state index in [0.717, 1.165) is 46.5 Å². The number of halogens is 1. The average molecular weight is 374 g/mol. The highest BCUT2D eigenvalue weighted by atomic mass is 79.9. The molecule has 1 amide bonds. The molecule has 118 valence electrons. The minimum absolute atomic E-state index is 0.133. The van der Waals surface area contributed by atoms with E-state index in [1.165, 1.54) is 5.57 Å². The Hall–Kier alpha value is -2.08. The molecule has 2 aromatic heterocycles. The first kappa shape index (κ1) is 14.5. The maximum atomic E-state index is 12.7. The van der Waals surface area contributed by atoms with Gasteiger partial charge in [0.05, 0.1) is 24.1 Å². The molecule has 0 spiro atoms. The van der Waals surface area contributed by atoms with Crippen LogP contribution >= 0.6 is 15.9 Å². The Morgan fingerprint density at radius 2 is 2.30 bits per heavy atom. The lowest BCUT2D eigenvalue weighted by Gasteiger charge is -2.16. The molecule has 2 aliphatic rings. The summed E-state index contributed by atoms with van der Waals surface area (Å²) >= 11 is 3.45. The normalized spacial score (nSPS) is 17.0. The van der Waals surface area contributed by atoms with Crippen molar-refractivity contribution in [3.63, 3.8) is 0 Å². The molecule has 0 saturated carbocycles. The third-order valence-corrected chi connectivity index (χ3v) is 4.85. The molecule has 0 fully saturated rings. The van der Waals surface area contributed by atoms with Crippen molar-refractivity contribution in [1.82, 2.24) is 14.7 Å². The molecule has 4 rings (SSSR count). The van der Waals surface area contributed by atoms with Gasteiger partial charge in [-0.1, -0.05) is 6.08 Å². The summed E-state index contributed by atoms with van der Waals surface area (Å²) in [7, 11) is 0. The first-order valence-electron chi connectivity index (χ1n) is 7.63. The van der Waals surface area contributed by atoms with Crippen LogP contribution in [0.5, 0.6) is 0 Å². The molecule has 0 bridgehead atoms. The summed E-state index contributed by atoms with van der Waals surface area (Å²) in [6, 6.07) is 1.86. The SMILES string of the molecule is Cc1cc(C(=O)NC2=CCCC3=C2OCC3)cn2c(Br)cnc12. The highest BCUT2D eigenvalue weighted by molar-refractivity contribution is 9.10. The molecule has 0 unspecified atom stereocenters. The van der Waals surface area contributed by atoms with Gasteiger partial charge in [-0.3, -0.25) is 9.20 Å². The molecular weight excluding hydrogens is 358 g/mol. The summed E-state index contributed by atoms with van der Waals surface area (Å²) in [6.45, 7) is 2.66. The van der Waals surface area contributed by atoms with Crippen LogP contribution in [0.4, 0.5) is 0 Å². The standard InChI is InChI=1S/C17H16BrN3O2/c1-10-7-12(9-21-14(18)8-19-16(10)21)17(22)20-13-4-2-3-11-5-6-23-15(11)13/h4,7-9H,2-3,5-6H2,1H3,(H,20,22). The number of amides is 1. The lowest BCUT2D eigenvalue weighted by atomic mass is 10.0.